The molecule has 1 heterocycles. The molecule has 3 aromatic rings. The lowest BCUT2D eigenvalue weighted by Gasteiger charge is -2.01. The van der Waals surface area contributed by atoms with Crippen LogP contribution in [0.2, 0.25) is 5.02 Å². The molecule has 0 radical (unpaired) electrons. The predicted octanol–water partition coefficient (Wildman–Crippen LogP) is 4.09. The van der Waals surface area contributed by atoms with Crippen molar-refractivity contribution in [3.63, 3.8) is 0 Å². The number of nitro benzene ring substituents is 1. The van der Waals surface area contributed by atoms with Crippen LogP contribution in [0.25, 0.3) is 5.69 Å². The molecule has 1 aromatic heterocycles. The Balaban J connectivity index is 2.00. The molecular formula is C18H15ClN4O3. The number of hydrogen-bond acceptors (Lipinski definition) is 4. The third-order valence-electron chi connectivity index (χ3n) is 3.88. The van der Waals surface area contributed by atoms with Crippen molar-refractivity contribution in [2.24, 2.45) is 4.99 Å². The fraction of sp³-hybridized carbons (Fsp3) is 0.111. The zero-order valence-corrected chi connectivity index (χ0v) is 14.8. The van der Waals surface area contributed by atoms with Gasteiger partial charge in [0.25, 0.3) is 11.2 Å². The maximum Gasteiger partial charge on any atom is 0.280 e. The van der Waals surface area contributed by atoms with Crippen molar-refractivity contribution in [2.45, 2.75) is 13.8 Å². The maximum atomic E-state index is 12.7. The number of nitrogens with one attached hydrogen (secondary N) is 1. The number of benzene rings is 2. The zero-order chi connectivity index (χ0) is 18.8. The van der Waals surface area contributed by atoms with Gasteiger partial charge in [0.05, 0.1) is 26.9 Å². The van der Waals surface area contributed by atoms with E-state index in [0.29, 0.717) is 16.9 Å². The second kappa shape index (κ2) is 6.97. The van der Waals surface area contributed by atoms with Gasteiger partial charge in [0.2, 0.25) is 0 Å². The van der Waals surface area contributed by atoms with Crippen LogP contribution in [0.4, 0.5) is 11.4 Å². The molecule has 0 spiro atoms. The van der Waals surface area contributed by atoms with Gasteiger partial charge < -0.3 is 0 Å². The molecule has 8 heteroatoms. The first kappa shape index (κ1) is 17.6. The summed E-state index contributed by atoms with van der Waals surface area (Å²) in [7, 11) is 0. The number of aromatic nitrogens is 2. The smallest absolute Gasteiger partial charge is 0.280 e. The van der Waals surface area contributed by atoms with Crippen LogP contribution in [-0.2, 0) is 0 Å². The number of nitro groups is 1. The van der Waals surface area contributed by atoms with Crippen LogP contribution < -0.4 is 5.56 Å². The van der Waals surface area contributed by atoms with Crippen LogP contribution in [0.15, 0.2) is 52.3 Å². The summed E-state index contributed by atoms with van der Waals surface area (Å²) in [5, 5.41) is 14.1. The third kappa shape index (κ3) is 3.43. The van der Waals surface area contributed by atoms with E-state index in [9.17, 15) is 14.9 Å². The van der Waals surface area contributed by atoms with Gasteiger partial charge in [-0.3, -0.25) is 25.0 Å². The summed E-state index contributed by atoms with van der Waals surface area (Å²) in [6.07, 6.45) is 1.36. The fourth-order valence-electron chi connectivity index (χ4n) is 2.43. The Morgan fingerprint density at radius 3 is 2.54 bits per heavy atom. The van der Waals surface area contributed by atoms with Crippen LogP contribution in [0.3, 0.4) is 0 Å². The van der Waals surface area contributed by atoms with Crippen molar-refractivity contribution in [3.8, 4) is 5.69 Å². The Labute approximate surface area is 153 Å². The summed E-state index contributed by atoms with van der Waals surface area (Å²) in [6.45, 7) is 3.72. The highest BCUT2D eigenvalue weighted by atomic mass is 35.5. The second-order valence-corrected chi connectivity index (χ2v) is 6.18. The van der Waals surface area contributed by atoms with Gasteiger partial charge in [-0.1, -0.05) is 29.3 Å². The molecule has 0 aliphatic heterocycles. The minimum absolute atomic E-state index is 0.121. The van der Waals surface area contributed by atoms with Gasteiger partial charge in [0.15, 0.2) is 0 Å². The van der Waals surface area contributed by atoms with Gasteiger partial charge in [0, 0.05) is 24.0 Å². The van der Waals surface area contributed by atoms with Crippen molar-refractivity contribution in [2.75, 3.05) is 0 Å². The quantitative estimate of drug-likeness (QED) is 0.425. The van der Waals surface area contributed by atoms with E-state index >= 15 is 0 Å². The average molecular weight is 371 g/mol. The predicted molar refractivity (Wildman–Crippen MR) is 101 cm³/mol. The molecule has 0 bridgehead atoms. The van der Waals surface area contributed by atoms with Crippen molar-refractivity contribution in [1.82, 2.24) is 9.78 Å². The number of aryl methyl sites for hydroxylation is 2. The molecule has 0 aliphatic rings. The molecule has 0 atom stereocenters. The lowest BCUT2D eigenvalue weighted by molar-refractivity contribution is -0.384. The average Bonchev–Trinajstić information content (AvgIpc) is 2.89. The second-order valence-electron chi connectivity index (χ2n) is 5.78. The van der Waals surface area contributed by atoms with Crippen molar-refractivity contribution in [3.05, 3.63) is 84.8 Å². The topological polar surface area (TPSA) is 93.3 Å². The lowest BCUT2D eigenvalue weighted by Crippen LogP contribution is -2.17. The number of nitrogens with zero attached hydrogens (tertiary/aromatic N) is 3. The van der Waals surface area contributed by atoms with Gasteiger partial charge in [-0.05, 0) is 32.0 Å². The van der Waals surface area contributed by atoms with Gasteiger partial charge in [-0.2, -0.15) is 0 Å². The van der Waals surface area contributed by atoms with Crippen LogP contribution in [-0.4, -0.2) is 20.9 Å². The molecule has 132 valence electrons. The molecule has 0 unspecified atom stereocenters. The molecule has 2 aromatic carbocycles. The highest BCUT2D eigenvalue weighted by Crippen LogP contribution is 2.29. The SMILES string of the molecule is Cc1ccc(-n2[nH]c(C)c(C=Nc3cc([N+](=O)[O-])ccc3Cl)c2=O)cc1. The molecule has 0 amide bonds. The Morgan fingerprint density at radius 2 is 1.88 bits per heavy atom. The minimum Gasteiger partial charge on any atom is -0.295 e. The number of hydrogen-bond donors (Lipinski definition) is 1. The van der Waals surface area contributed by atoms with Crippen LogP contribution in [0, 0.1) is 24.0 Å². The molecular weight excluding hydrogens is 356 g/mol. The number of rotatable bonds is 4. The van der Waals surface area contributed by atoms with Crippen LogP contribution in [0.5, 0.6) is 0 Å². The minimum atomic E-state index is -0.527. The molecule has 0 saturated heterocycles. The third-order valence-corrected chi connectivity index (χ3v) is 4.20. The van der Waals surface area contributed by atoms with Gasteiger partial charge in [-0.25, -0.2) is 4.68 Å². The summed E-state index contributed by atoms with van der Waals surface area (Å²) in [4.78, 5) is 27.2. The van der Waals surface area contributed by atoms with Crippen molar-refractivity contribution < 1.29 is 4.92 Å². The summed E-state index contributed by atoms with van der Waals surface area (Å²) >= 11 is 6.04. The first-order chi connectivity index (χ1) is 12.4. The van der Waals surface area contributed by atoms with E-state index in [1.807, 2.05) is 31.2 Å². The van der Waals surface area contributed by atoms with E-state index in [1.165, 1.54) is 29.1 Å². The molecule has 3 rings (SSSR count). The number of aromatic amines is 1. The monoisotopic (exact) mass is 370 g/mol. The molecule has 7 nitrogen and oxygen atoms in total. The Kier molecular flexibility index (Phi) is 4.73. The molecule has 1 N–H and O–H groups in total. The van der Waals surface area contributed by atoms with Crippen molar-refractivity contribution in [1.29, 1.82) is 0 Å². The molecule has 0 aliphatic carbocycles. The van der Waals surface area contributed by atoms with E-state index in [-0.39, 0.29) is 22.0 Å². The number of halogens is 1. The van der Waals surface area contributed by atoms with E-state index in [1.54, 1.807) is 6.92 Å². The van der Waals surface area contributed by atoms with Crippen molar-refractivity contribution >= 4 is 29.2 Å². The van der Waals surface area contributed by atoms with E-state index in [0.717, 1.165) is 5.56 Å². The Morgan fingerprint density at radius 1 is 1.19 bits per heavy atom. The highest BCUT2D eigenvalue weighted by molar-refractivity contribution is 6.33. The van der Waals surface area contributed by atoms with E-state index in [4.69, 9.17) is 11.6 Å². The van der Waals surface area contributed by atoms with Gasteiger partial charge in [0.1, 0.15) is 0 Å². The Hall–Kier alpha value is -3.19. The number of non-ortho nitro benzene ring substituents is 1. The summed E-state index contributed by atoms with van der Waals surface area (Å²) in [5.41, 5.74) is 2.61. The standard InChI is InChI=1S/C18H15ClN4O3/c1-11-3-5-13(6-4-11)22-18(24)15(12(2)21-22)10-20-17-9-14(23(25)26)7-8-16(17)19/h3-10,21H,1-2H3. The maximum absolute atomic E-state index is 12.7. The molecule has 26 heavy (non-hydrogen) atoms. The summed E-state index contributed by atoms with van der Waals surface area (Å²) in [5.74, 6) is 0. The van der Waals surface area contributed by atoms with E-state index in [2.05, 4.69) is 10.1 Å². The Bertz CT molecular complexity index is 1070. The first-order valence-corrected chi connectivity index (χ1v) is 8.11. The fourth-order valence-corrected chi connectivity index (χ4v) is 2.60. The van der Waals surface area contributed by atoms with E-state index < -0.39 is 4.92 Å². The summed E-state index contributed by atoms with van der Waals surface area (Å²) in [6, 6.07) is 11.5. The zero-order valence-electron chi connectivity index (χ0n) is 14.1. The van der Waals surface area contributed by atoms with Crippen LogP contribution in [0.1, 0.15) is 16.8 Å². The number of aliphatic imine (C=N–C) groups is 1. The largest absolute Gasteiger partial charge is 0.295 e. The first-order valence-electron chi connectivity index (χ1n) is 7.73. The normalized spacial score (nSPS) is 11.2. The molecule has 0 fully saturated rings. The number of H-pyrrole nitrogens is 1. The van der Waals surface area contributed by atoms with Gasteiger partial charge >= 0.3 is 0 Å². The lowest BCUT2D eigenvalue weighted by atomic mass is 10.2. The van der Waals surface area contributed by atoms with Gasteiger partial charge in [-0.15, -0.1) is 0 Å². The highest BCUT2D eigenvalue weighted by Gasteiger charge is 2.12. The summed E-state index contributed by atoms with van der Waals surface area (Å²) < 4.78 is 1.42. The molecule has 0 saturated carbocycles. The van der Waals surface area contributed by atoms with Crippen LogP contribution >= 0.6 is 11.6 Å².